The first-order chi connectivity index (χ1) is 18.3. The molecule has 0 N–H and O–H groups in total. The van der Waals surface area contributed by atoms with Crippen LogP contribution in [0, 0.1) is 24.2 Å². The summed E-state index contributed by atoms with van der Waals surface area (Å²) in [7, 11) is 0. The van der Waals surface area contributed by atoms with Crippen molar-refractivity contribution < 1.29 is 4.79 Å². The quantitative estimate of drug-likeness (QED) is 0.338. The van der Waals surface area contributed by atoms with Crippen LogP contribution < -0.4 is 15.4 Å². The molecule has 2 aliphatic rings. The number of benzene rings is 1. The number of carbonyl (C=O) groups excluding carboxylic acids is 1. The van der Waals surface area contributed by atoms with Crippen molar-refractivity contribution in [1.29, 1.82) is 5.26 Å². The van der Waals surface area contributed by atoms with Gasteiger partial charge in [0.15, 0.2) is 0 Å². The molecule has 2 saturated heterocycles. The Morgan fingerprint density at radius 3 is 2.37 bits per heavy atom. The van der Waals surface area contributed by atoms with Crippen molar-refractivity contribution in [3.05, 3.63) is 62.3 Å². The third-order valence-corrected chi connectivity index (χ3v) is 8.36. The van der Waals surface area contributed by atoms with Crippen molar-refractivity contribution in [1.82, 2.24) is 9.47 Å². The van der Waals surface area contributed by atoms with Gasteiger partial charge in [-0.25, -0.2) is 0 Å². The van der Waals surface area contributed by atoms with Crippen molar-refractivity contribution in [2.45, 2.75) is 47.1 Å². The minimum absolute atomic E-state index is 0.113. The topological polar surface area (TPSA) is 72.6 Å². The van der Waals surface area contributed by atoms with Gasteiger partial charge in [-0.15, -0.1) is 0 Å². The highest BCUT2D eigenvalue weighted by Gasteiger charge is 2.34. The lowest BCUT2D eigenvalue weighted by atomic mass is 10.0. The van der Waals surface area contributed by atoms with E-state index in [9.17, 15) is 14.9 Å². The summed E-state index contributed by atoms with van der Waals surface area (Å²) in [6.07, 6.45) is 3.60. The summed E-state index contributed by atoms with van der Waals surface area (Å²) >= 11 is 6.83. The predicted molar refractivity (Wildman–Crippen MR) is 161 cm³/mol. The number of thioether (sulfide) groups is 1. The van der Waals surface area contributed by atoms with E-state index in [0.717, 1.165) is 50.4 Å². The fourth-order valence-electron chi connectivity index (χ4n) is 4.98. The molecule has 200 valence electrons. The summed E-state index contributed by atoms with van der Waals surface area (Å²) < 4.78 is 2.30. The Morgan fingerprint density at radius 2 is 1.76 bits per heavy atom. The van der Waals surface area contributed by atoms with Gasteiger partial charge in [-0.3, -0.25) is 19.1 Å². The first kappa shape index (κ1) is 27.9. The van der Waals surface area contributed by atoms with Crippen LogP contribution in [0.3, 0.4) is 0 Å². The number of nitriles is 1. The average molecular weight is 550 g/mol. The molecule has 0 saturated carbocycles. The Balaban J connectivity index is 1.80. The number of rotatable bonds is 8. The van der Waals surface area contributed by atoms with Gasteiger partial charge in [0.2, 0.25) is 0 Å². The molecule has 4 rings (SSSR count). The van der Waals surface area contributed by atoms with E-state index in [2.05, 4.69) is 48.8 Å². The highest BCUT2D eigenvalue weighted by Crippen LogP contribution is 2.36. The van der Waals surface area contributed by atoms with Crippen molar-refractivity contribution in [3.63, 3.8) is 0 Å². The summed E-state index contributed by atoms with van der Waals surface area (Å²) in [6, 6.07) is 12.5. The van der Waals surface area contributed by atoms with E-state index in [0.29, 0.717) is 27.9 Å². The number of pyridine rings is 1. The number of thiocarbonyl (C=S) groups is 1. The Kier molecular flexibility index (Phi) is 8.95. The monoisotopic (exact) mass is 549 g/mol. The molecule has 1 aromatic carbocycles. The summed E-state index contributed by atoms with van der Waals surface area (Å²) in [5, 5.41) is 9.93. The van der Waals surface area contributed by atoms with E-state index >= 15 is 0 Å². The molecule has 7 nitrogen and oxygen atoms in total. The minimum Gasteiger partial charge on any atom is -0.368 e. The molecule has 0 unspecified atom stereocenters. The van der Waals surface area contributed by atoms with Gasteiger partial charge in [0.1, 0.15) is 21.8 Å². The van der Waals surface area contributed by atoms with Crippen LogP contribution >= 0.6 is 24.0 Å². The van der Waals surface area contributed by atoms with E-state index in [4.69, 9.17) is 12.2 Å². The number of amides is 1. The fraction of sp³-hybridized carbons (Fsp3) is 0.448. The summed E-state index contributed by atoms with van der Waals surface area (Å²) in [6.45, 7) is 12.2. The van der Waals surface area contributed by atoms with Crippen LogP contribution in [0.5, 0.6) is 0 Å². The number of unbranched alkanes of at least 4 members (excludes halogenated alkanes) is 1. The molecule has 0 radical (unpaired) electrons. The third-order valence-electron chi connectivity index (χ3n) is 6.98. The zero-order valence-corrected chi connectivity index (χ0v) is 24.2. The van der Waals surface area contributed by atoms with E-state index in [1.807, 2.05) is 31.2 Å². The Hall–Kier alpha value is -3.09. The second-order valence-electron chi connectivity index (χ2n) is 10.2. The highest BCUT2D eigenvalue weighted by molar-refractivity contribution is 8.26. The maximum atomic E-state index is 13.5. The second kappa shape index (κ2) is 12.2. The van der Waals surface area contributed by atoms with Crippen molar-refractivity contribution in [3.8, 4) is 6.07 Å². The number of para-hydroxylation sites is 1. The van der Waals surface area contributed by atoms with Crippen LogP contribution in [0.1, 0.15) is 50.3 Å². The molecule has 0 atom stereocenters. The average Bonchev–Trinajstić information content (AvgIpc) is 3.17. The molecular formula is C29H35N5O2S2. The molecule has 2 fully saturated rings. The molecule has 1 aromatic heterocycles. The molecule has 2 aliphatic heterocycles. The van der Waals surface area contributed by atoms with Crippen LogP contribution in [0.4, 0.5) is 11.5 Å². The van der Waals surface area contributed by atoms with Gasteiger partial charge in [0.05, 0.1) is 4.91 Å². The molecule has 3 heterocycles. The van der Waals surface area contributed by atoms with Gasteiger partial charge in [-0.2, -0.15) is 5.26 Å². The van der Waals surface area contributed by atoms with Gasteiger partial charge in [-0.05, 0) is 43.0 Å². The molecule has 9 heteroatoms. The van der Waals surface area contributed by atoms with Gasteiger partial charge >= 0.3 is 0 Å². The number of aromatic nitrogens is 1. The van der Waals surface area contributed by atoms with Gasteiger partial charge in [-0.1, -0.05) is 69.4 Å². The number of piperazine rings is 1. The number of carbonyl (C=O) groups is 1. The Labute approximate surface area is 234 Å². The van der Waals surface area contributed by atoms with Crippen molar-refractivity contribution in [2.75, 3.05) is 42.5 Å². The van der Waals surface area contributed by atoms with E-state index < -0.39 is 0 Å². The van der Waals surface area contributed by atoms with Crippen molar-refractivity contribution >= 4 is 51.8 Å². The molecule has 0 spiro atoms. The lowest BCUT2D eigenvalue weighted by Crippen LogP contribution is -2.48. The Bertz CT molecular complexity index is 1340. The molecule has 1 amide bonds. The van der Waals surface area contributed by atoms with E-state index in [1.54, 1.807) is 9.47 Å². The van der Waals surface area contributed by atoms with Crippen LogP contribution in [-0.2, 0) is 11.3 Å². The first-order valence-corrected chi connectivity index (χ1v) is 14.5. The summed E-state index contributed by atoms with van der Waals surface area (Å²) in [5.74, 6) is 0.968. The first-order valence-electron chi connectivity index (χ1n) is 13.2. The summed E-state index contributed by atoms with van der Waals surface area (Å²) in [5.41, 5.74) is 2.43. The minimum atomic E-state index is -0.261. The van der Waals surface area contributed by atoms with Crippen LogP contribution in [0.2, 0.25) is 0 Å². The zero-order chi connectivity index (χ0) is 27.4. The standard InChI is InChI=1S/C29H35N5O2S2/c1-5-6-12-33-26(32-15-13-31(14-16-32)22-10-8-7-9-11-22)23(21(4)24(18-30)27(33)35)17-25-28(36)34(19-20(2)3)29(37)38-25/h7-11,17,20H,5-6,12-16,19H2,1-4H3/b25-17-. The number of hydrogen-bond acceptors (Lipinski definition) is 7. The van der Waals surface area contributed by atoms with Gasteiger partial charge in [0.25, 0.3) is 11.5 Å². The second-order valence-corrected chi connectivity index (χ2v) is 11.8. The van der Waals surface area contributed by atoms with Gasteiger partial charge in [0, 0.05) is 50.5 Å². The molecular weight excluding hydrogens is 514 g/mol. The molecule has 2 aromatic rings. The van der Waals surface area contributed by atoms with Crippen molar-refractivity contribution in [2.24, 2.45) is 5.92 Å². The number of hydrogen-bond donors (Lipinski definition) is 0. The number of nitrogens with zero attached hydrogens (tertiary/aromatic N) is 5. The van der Waals surface area contributed by atoms with E-state index in [-0.39, 0.29) is 22.9 Å². The molecule has 0 bridgehead atoms. The smallest absolute Gasteiger partial charge is 0.270 e. The maximum absolute atomic E-state index is 13.5. The summed E-state index contributed by atoms with van der Waals surface area (Å²) in [4.78, 5) is 33.6. The predicted octanol–water partition coefficient (Wildman–Crippen LogP) is 5.01. The normalized spacial score (nSPS) is 17.2. The highest BCUT2D eigenvalue weighted by atomic mass is 32.2. The van der Waals surface area contributed by atoms with E-state index in [1.165, 1.54) is 17.4 Å². The largest absolute Gasteiger partial charge is 0.368 e. The SMILES string of the molecule is CCCCn1c(N2CCN(c3ccccc3)CC2)c(/C=C2\SC(=S)N(CC(C)C)C2=O)c(C)c(C#N)c1=O. The maximum Gasteiger partial charge on any atom is 0.270 e. The lowest BCUT2D eigenvalue weighted by molar-refractivity contribution is -0.122. The fourth-order valence-corrected chi connectivity index (χ4v) is 6.23. The molecule has 0 aliphatic carbocycles. The Morgan fingerprint density at radius 1 is 1.11 bits per heavy atom. The molecule has 38 heavy (non-hydrogen) atoms. The van der Waals surface area contributed by atoms with Gasteiger partial charge < -0.3 is 9.80 Å². The third kappa shape index (κ3) is 5.67. The lowest BCUT2D eigenvalue weighted by Gasteiger charge is -2.39. The van der Waals surface area contributed by atoms with Crippen LogP contribution in [0.25, 0.3) is 6.08 Å². The zero-order valence-electron chi connectivity index (χ0n) is 22.6. The van der Waals surface area contributed by atoms with Crippen LogP contribution in [0.15, 0.2) is 40.0 Å². The number of anilines is 2. The van der Waals surface area contributed by atoms with Crippen LogP contribution in [-0.4, -0.2) is 52.4 Å².